The summed E-state index contributed by atoms with van der Waals surface area (Å²) >= 11 is 5.43. The van der Waals surface area contributed by atoms with Gasteiger partial charge >= 0.3 is 18.1 Å². The Kier molecular flexibility index (Phi) is 5.99. The van der Waals surface area contributed by atoms with Gasteiger partial charge in [0.1, 0.15) is 0 Å². The molecule has 1 amide bonds. The molecule has 0 fully saturated rings. The van der Waals surface area contributed by atoms with Gasteiger partial charge in [0, 0.05) is 12.0 Å². The number of methoxy groups -OCH3 is 1. The Hall–Kier alpha value is -2.02. The van der Waals surface area contributed by atoms with E-state index in [-0.39, 0.29) is 6.42 Å². The molecule has 1 aromatic rings. The lowest BCUT2D eigenvalue weighted by Gasteiger charge is -2.29. The van der Waals surface area contributed by atoms with E-state index in [1.165, 1.54) is 0 Å². The summed E-state index contributed by atoms with van der Waals surface area (Å²) in [4.78, 5) is 23.2. The zero-order valence-electron chi connectivity index (χ0n) is 11.5. The summed E-state index contributed by atoms with van der Waals surface area (Å²) in [5.41, 5.74) is -0.675. The predicted octanol–water partition coefficient (Wildman–Crippen LogP) is 2.57. The van der Waals surface area contributed by atoms with Crippen molar-refractivity contribution in [3.63, 3.8) is 0 Å². The van der Waals surface area contributed by atoms with Crippen LogP contribution in [-0.2, 0) is 20.7 Å². The Labute approximate surface area is 129 Å². The van der Waals surface area contributed by atoms with Crippen molar-refractivity contribution in [3.05, 3.63) is 47.5 Å². The molecule has 0 aromatic heterocycles. The van der Waals surface area contributed by atoms with E-state index in [1.54, 1.807) is 35.6 Å². The molecule has 0 spiro atoms. The molecule has 1 aromatic carbocycles. The second kappa shape index (κ2) is 7.31. The molecule has 0 saturated carbocycles. The summed E-state index contributed by atoms with van der Waals surface area (Å²) in [6.45, 7) is 0. The lowest BCUT2D eigenvalue weighted by atomic mass is 9.90. The van der Waals surface area contributed by atoms with Gasteiger partial charge in [0.05, 0.1) is 7.11 Å². The number of alkyl halides is 3. The van der Waals surface area contributed by atoms with Crippen molar-refractivity contribution in [2.24, 2.45) is 0 Å². The van der Waals surface area contributed by atoms with Gasteiger partial charge in [-0.05, 0) is 11.6 Å². The first-order valence-corrected chi connectivity index (χ1v) is 6.48. The maximum Gasteiger partial charge on any atom is 0.471 e. The van der Waals surface area contributed by atoms with E-state index in [2.05, 4.69) is 4.74 Å². The van der Waals surface area contributed by atoms with Gasteiger partial charge in [0.25, 0.3) is 0 Å². The predicted molar refractivity (Wildman–Crippen MR) is 74.1 cm³/mol. The van der Waals surface area contributed by atoms with Crippen molar-refractivity contribution in [2.45, 2.75) is 18.1 Å². The number of hydrogen-bond acceptors (Lipinski definition) is 3. The van der Waals surface area contributed by atoms with E-state index < -0.39 is 23.6 Å². The second-order valence-corrected chi connectivity index (χ2v) is 4.62. The molecule has 8 heteroatoms. The fourth-order valence-corrected chi connectivity index (χ4v) is 2.03. The van der Waals surface area contributed by atoms with Crippen molar-refractivity contribution in [2.75, 3.05) is 7.11 Å². The number of rotatable bonds is 5. The Bertz CT molecular complexity index is 560. The Balaban J connectivity index is 3.23. The highest BCUT2D eigenvalue weighted by molar-refractivity contribution is 6.25. The normalized spacial score (nSPS) is 14.4. The highest BCUT2D eigenvalue weighted by Gasteiger charge is 2.47. The van der Waals surface area contributed by atoms with Gasteiger partial charge in [-0.3, -0.25) is 4.79 Å². The topological polar surface area (TPSA) is 55.4 Å². The first kappa shape index (κ1) is 18.0. The molecule has 0 heterocycles. The third kappa shape index (κ3) is 4.49. The second-order valence-electron chi connectivity index (χ2n) is 4.37. The number of halogens is 4. The van der Waals surface area contributed by atoms with Crippen molar-refractivity contribution in [3.8, 4) is 0 Å². The minimum atomic E-state index is -5.14. The van der Waals surface area contributed by atoms with Gasteiger partial charge in [0.15, 0.2) is 5.54 Å². The molecule has 0 radical (unpaired) electrons. The number of nitrogens with one attached hydrogen (secondary N) is 1. The molecule has 22 heavy (non-hydrogen) atoms. The third-order valence-corrected chi connectivity index (χ3v) is 2.94. The minimum Gasteiger partial charge on any atom is -0.467 e. The van der Waals surface area contributed by atoms with Crippen LogP contribution in [0.15, 0.2) is 41.9 Å². The van der Waals surface area contributed by atoms with E-state index in [9.17, 15) is 22.8 Å². The Morgan fingerprint density at radius 2 is 1.86 bits per heavy atom. The zero-order valence-corrected chi connectivity index (χ0v) is 12.2. The SMILES string of the molecule is COC(=O)C(/C=C/Cl)(Cc1ccccc1)NC(=O)C(F)(F)F. The van der Waals surface area contributed by atoms with E-state index in [4.69, 9.17) is 11.6 Å². The molecule has 120 valence electrons. The standard InChI is InChI=1S/C14H13ClF3NO3/c1-22-12(21)13(7-8-15,19-11(20)14(16,17)18)9-10-5-3-2-4-6-10/h2-8H,9H2,1H3,(H,19,20)/b8-7+. The fraction of sp³-hybridized carbons (Fsp3) is 0.286. The number of ether oxygens (including phenoxy) is 1. The number of carbonyl (C=O) groups is 2. The molecule has 0 aliphatic carbocycles. The maximum absolute atomic E-state index is 12.5. The Morgan fingerprint density at radius 3 is 2.32 bits per heavy atom. The van der Waals surface area contributed by atoms with E-state index in [0.29, 0.717) is 5.56 Å². The summed E-state index contributed by atoms with van der Waals surface area (Å²) < 4.78 is 42.0. The molecule has 0 aliphatic heterocycles. The lowest BCUT2D eigenvalue weighted by Crippen LogP contribution is -2.58. The highest BCUT2D eigenvalue weighted by Crippen LogP contribution is 2.22. The molecule has 0 saturated heterocycles. The van der Waals surface area contributed by atoms with Gasteiger partial charge in [-0.2, -0.15) is 13.2 Å². The number of carbonyl (C=O) groups excluding carboxylic acids is 2. The molecule has 1 atom stereocenters. The van der Waals surface area contributed by atoms with Crippen LogP contribution in [-0.4, -0.2) is 30.7 Å². The molecule has 0 aliphatic rings. The first-order chi connectivity index (χ1) is 10.2. The summed E-state index contributed by atoms with van der Waals surface area (Å²) in [5.74, 6) is -3.32. The molecule has 4 nitrogen and oxygen atoms in total. The van der Waals surface area contributed by atoms with Gasteiger partial charge in [-0.15, -0.1) is 0 Å². The number of esters is 1. The highest BCUT2D eigenvalue weighted by atomic mass is 35.5. The van der Waals surface area contributed by atoms with Crippen LogP contribution in [0.3, 0.4) is 0 Å². The van der Waals surface area contributed by atoms with E-state index in [1.807, 2.05) is 0 Å². The quantitative estimate of drug-likeness (QED) is 0.841. The maximum atomic E-state index is 12.5. The first-order valence-electron chi connectivity index (χ1n) is 6.05. The zero-order chi connectivity index (χ0) is 16.8. The molecule has 1 rings (SSSR count). The molecular weight excluding hydrogens is 323 g/mol. The summed E-state index contributed by atoms with van der Waals surface area (Å²) in [6, 6.07) is 8.19. The van der Waals surface area contributed by atoms with Gasteiger partial charge in [-0.1, -0.05) is 41.9 Å². The van der Waals surface area contributed by atoms with Gasteiger partial charge in [0.2, 0.25) is 0 Å². The van der Waals surface area contributed by atoms with Crippen LogP contribution in [0.2, 0.25) is 0 Å². The number of amides is 1. The van der Waals surface area contributed by atoms with Gasteiger partial charge in [-0.25, -0.2) is 4.79 Å². The average molecular weight is 336 g/mol. The molecular formula is C14H13ClF3NO3. The number of hydrogen-bond donors (Lipinski definition) is 1. The van der Waals surface area contributed by atoms with Crippen molar-refractivity contribution in [1.82, 2.24) is 5.32 Å². The van der Waals surface area contributed by atoms with Crippen LogP contribution in [0, 0.1) is 0 Å². The summed E-state index contributed by atoms with van der Waals surface area (Å²) in [5, 5.41) is 1.66. The minimum absolute atomic E-state index is 0.244. The molecule has 1 unspecified atom stereocenters. The molecule has 0 bridgehead atoms. The summed E-state index contributed by atoms with van der Waals surface area (Å²) in [7, 11) is 1.00. The Morgan fingerprint density at radius 1 is 1.27 bits per heavy atom. The largest absolute Gasteiger partial charge is 0.471 e. The van der Waals surface area contributed by atoms with Crippen LogP contribution in [0.1, 0.15) is 5.56 Å². The van der Waals surface area contributed by atoms with Crippen molar-refractivity contribution >= 4 is 23.5 Å². The van der Waals surface area contributed by atoms with Crippen LogP contribution < -0.4 is 5.32 Å². The van der Waals surface area contributed by atoms with Crippen LogP contribution in [0.25, 0.3) is 0 Å². The lowest BCUT2D eigenvalue weighted by molar-refractivity contribution is -0.177. The van der Waals surface area contributed by atoms with E-state index in [0.717, 1.165) is 18.7 Å². The van der Waals surface area contributed by atoms with Crippen LogP contribution >= 0.6 is 11.6 Å². The number of benzene rings is 1. The smallest absolute Gasteiger partial charge is 0.467 e. The fourth-order valence-electron chi connectivity index (χ4n) is 1.82. The van der Waals surface area contributed by atoms with Crippen molar-refractivity contribution < 1.29 is 27.5 Å². The molecule has 1 N–H and O–H groups in total. The van der Waals surface area contributed by atoms with Crippen molar-refractivity contribution in [1.29, 1.82) is 0 Å². The van der Waals surface area contributed by atoms with Crippen LogP contribution in [0.4, 0.5) is 13.2 Å². The summed E-state index contributed by atoms with van der Waals surface area (Å²) in [6.07, 6.45) is -4.43. The van der Waals surface area contributed by atoms with Gasteiger partial charge < -0.3 is 10.1 Å². The third-order valence-electron chi connectivity index (χ3n) is 2.82. The monoisotopic (exact) mass is 335 g/mol. The van der Waals surface area contributed by atoms with E-state index >= 15 is 0 Å². The average Bonchev–Trinajstić information content (AvgIpc) is 2.46. The van der Waals surface area contributed by atoms with Crippen LogP contribution in [0.5, 0.6) is 0 Å².